The van der Waals surface area contributed by atoms with E-state index in [4.69, 9.17) is 5.11 Å². The Morgan fingerprint density at radius 2 is 2.00 bits per heavy atom. The van der Waals surface area contributed by atoms with Crippen LogP contribution < -0.4 is 10.6 Å². The van der Waals surface area contributed by atoms with E-state index in [1.807, 2.05) is 24.3 Å². The number of nitrogens with one attached hydrogen (secondary N) is 2. The van der Waals surface area contributed by atoms with Crippen molar-refractivity contribution in [3.05, 3.63) is 34.3 Å². The molecule has 0 radical (unpaired) electrons. The molecule has 2 rings (SSSR count). The topological polar surface area (TPSA) is 78.4 Å². The number of amides is 2. The summed E-state index contributed by atoms with van der Waals surface area (Å²) in [4.78, 5) is 22.1. The average Bonchev–Trinajstić information content (AvgIpc) is 3.11. The number of urea groups is 1. The van der Waals surface area contributed by atoms with Crippen molar-refractivity contribution in [1.82, 2.24) is 10.6 Å². The van der Waals surface area contributed by atoms with Crippen LogP contribution in [-0.2, 0) is 11.2 Å². The van der Waals surface area contributed by atoms with Crippen molar-refractivity contribution in [3.63, 3.8) is 0 Å². The Bertz CT molecular complexity index is 515. The maximum absolute atomic E-state index is 11.7. The number of hydrogen-bond acceptors (Lipinski definition) is 2. The van der Waals surface area contributed by atoms with Crippen LogP contribution in [0.3, 0.4) is 0 Å². The third kappa shape index (κ3) is 4.23. The zero-order chi connectivity index (χ0) is 14.6. The van der Waals surface area contributed by atoms with Crippen LogP contribution in [0.1, 0.15) is 24.8 Å². The second kappa shape index (κ2) is 6.26. The van der Waals surface area contributed by atoms with Crippen LogP contribution in [0.15, 0.2) is 28.7 Å². The number of carboxylic acid groups (broad SMARTS) is 1. The van der Waals surface area contributed by atoms with E-state index in [0.29, 0.717) is 0 Å². The minimum atomic E-state index is -0.917. The first-order chi connectivity index (χ1) is 9.51. The molecule has 0 aromatic heterocycles. The first kappa shape index (κ1) is 14.8. The Kier molecular flexibility index (Phi) is 4.65. The van der Waals surface area contributed by atoms with Gasteiger partial charge in [0.15, 0.2) is 0 Å². The number of aliphatic carboxylic acids is 1. The predicted molar refractivity (Wildman–Crippen MR) is 78.6 cm³/mol. The quantitative estimate of drug-likeness (QED) is 0.743. The molecule has 0 unspecified atom stereocenters. The molecule has 0 atom stereocenters. The third-order valence-electron chi connectivity index (χ3n) is 3.34. The van der Waals surface area contributed by atoms with E-state index < -0.39 is 5.97 Å². The molecule has 1 aromatic carbocycles. The summed E-state index contributed by atoms with van der Waals surface area (Å²) in [5.41, 5.74) is 0.979. The Labute approximate surface area is 125 Å². The largest absolute Gasteiger partial charge is 0.481 e. The molecule has 108 valence electrons. The standard InChI is InChI=1S/C14H17BrN2O3/c15-11-4-2-1-3-10(11)9-14(6-7-14)17-13(20)16-8-5-12(18)19/h1-4H,5-9H2,(H,18,19)(H2,16,17,20). The monoisotopic (exact) mass is 340 g/mol. The minimum Gasteiger partial charge on any atom is -0.481 e. The van der Waals surface area contributed by atoms with E-state index in [1.165, 1.54) is 0 Å². The van der Waals surface area contributed by atoms with Gasteiger partial charge in [-0.05, 0) is 30.9 Å². The Morgan fingerprint density at radius 1 is 1.30 bits per heavy atom. The van der Waals surface area contributed by atoms with E-state index in [9.17, 15) is 9.59 Å². The van der Waals surface area contributed by atoms with Gasteiger partial charge in [-0.25, -0.2) is 4.79 Å². The van der Waals surface area contributed by atoms with Crippen molar-refractivity contribution in [2.24, 2.45) is 0 Å². The highest BCUT2D eigenvalue weighted by Crippen LogP contribution is 2.39. The number of hydrogen-bond donors (Lipinski definition) is 3. The molecule has 1 aliphatic rings. The molecule has 3 N–H and O–H groups in total. The summed E-state index contributed by atoms with van der Waals surface area (Å²) >= 11 is 3.51. The lowest BCUT2D eigenvalue weighted by Gasteiger charge is -2.18. The molecular weight excluding hydrogens is 324 g/mol. The summed E-state index contributed by atoms with van der Waals surface area (Å²) in [5.74, 6) is -0.917. The van der Waals surface area contributed by atoms with Gasteiger partial charge in [-0.15, -0.1) is 0 Å². The SMILES string of the molecule is O=C(O)CCNC(=O)NC1(Cc2ccccc2Br)CC1. The van der Waals surface area contributed by atoms with E-state index in [2.05, 4.69) is 26.6 Å². The highest BCUT2D eigenvalue weighted by atomic mass is 79.9. The number of rotatable bonds is 6. The van der Waals surface area contributed by atoms with E-state index >= 15 is 0 Å². The molecule has 6 heteroatoms. The predicted octanol–water partition coefficient (Wildman–Crippen LogP) is 2.30. The van der Waals surface area contributed by atoms with Crippen molar-refractivity contribution in [3.8, 4) is 0 Å². The fraction of sp³-hybridized carbons (Fsp3) is 0.429. The van der Waals surface area contributed by atoms with Gasteiger partial charge in [0.25, 0.3) is 0 Å². The van der Waals surface area contributed by atoms with Crippen LogP contribution in [0.5, 0.6) is 0 Å². The Balaban J connectivity index is 1.84. The smallest absolute Gasteiger partial charge is 0.315 e. The number of carbonyl (C=O) groups excluding carboxylic acids is 1. The molecule has 0 saturated heterocycles. The fourth-order valence-electron chi connectivity index (χ4n) is 2.07. The number of benzene rings is 1. The maximum atomic E-state index is 11.7. The first-order valence-electron chi connectivity index (χ1n) is 6.52. The number of carboxylic acids is 1. The van der Waals surface area contributed by atoms with Gasteiger partial charge in [0.1, 0.15) is 0 Å². The molecule has 1 aliphatic carbocycles. The summed E-state index contributed by atoms with van der Waals surface area (Å²) in [6, 6.07) is 7.66. The van der Waals surface area contributed by atoms with Gasteiger partial charge in [-0.2, -0.15) is 0 Å². The second-order valence-electron chi connectivity index (χ2n) is 5.07. The van der Waals surface area contributed by atoms with Gasteiger partial charge < -0.3 is 15.7 Å². The lowest BCUT2D eigenvalue weighted by Crippen LogP contribution is -2.45. The van der Waals surface area contributed by atoms with Gasteiger partial charge >= 0.3 is 12.0 Å². The molecule has 1 fully saturated rings. The lowest BCUT2D eigenvalue weighted by molar-refractivity contribution is -0.136. The van der Waals surface area contributed by atoms with Crippen LogP contribution in [0.25, 0.3) is 0 Å². The molecule has 20 heavy (non-hydrogen) atoms. The number of halogens is 1. The zero-order valence-corrected chi connectivity index (χ0v) is 12.6. The van der Waals surface area contributed by atoms with E-state index in [-0.39, 0.29) is 24.5 Å². The van der Waals surface area contributed by atoms with Crippen LogP contribution >= 0.6 is 15.9 Å². The molecule has 0 aliphatic heterocycles. The van der Waals surface area contributed by atoms with Gasteiger partial charge in [0, 0.05) is 16.6 Å². The molecule has 5 nitrogen and oxygen atoms in total. The van der Waals surface area contributed by atoms with Crippen molar-refractivity contribution < 1.29 is 14.7 Å². The van der Waals surface area contributed by atoms with Crippen LogP contribution in [0.4, 0.5) is 4.79 Å². The van der Waals surface area contributed by atoms with Crippen molar-refractivity contribution in [2.75, 3.05) is 6.54 Å². The third-order valence-corrected chi connectivity index (χ3v) is 4.12. The van der Waals surface area contributed by atoms with Gasteiger partial charge in [0.05, 0.1) is 6.42 Å². The average molecular weight is 341 g/mol. The Hall–Kier alpha value is -1.56. The Morgan fingerprint density at radius 3 is 2.60 bits per heavy atom. The summed E-state index contributed by atoms with van der Waals surface area (Å²) in [5, 5.41) is 14.0. The van der Waals surface area contributed by atoms with Gasteiger partial charge in [-0.3, -0.25) is 4.79 Å². The van der Waals surface area contributed by atoms with Crippen LogP contribution in [-0.4, -0.2) is 29.2 Å². The summed E-state index contributed by atoms with van der Waals surface area (Å²) in [7, 11) is 0. The molecule has 2 amide bonds. The van der Waals surface area contributed by atoms with Crippen molar-refractivity contribution in [1.29, 1.82) is 0 Å². The molecule has 1 saturated carbocycles. The van der Waals surface area contributed by atoms with E-state index in [1.54, 1.807) is 0 Å². The lowest BCUT2D eigenvalue weighted by atomic mass is 10.0. The molecule has 0 bridgehead atoms. The molecule has 1 aromatic rings. The first-order valence-corrected chi connectivity index (χ1v) is 7.31. The maximum Gasteiger partial charge on any atom is 0.315 e. The highest BCUT2D eigenvalue weighted by Gasteiger charge is 2.44. The zero-order valence-electron chi connectivity index (χ0n) is 11.0. The fourth-order valence-corrected chi connectivity index (χ4v) is 2.50. The summed E-state index contributed by atoms with van der Waals surface area (Å²) < 4.78 is 1.04. The molecule has 0 heterocycles. The van der Waals surface area contributed by atoms with Crippen molar-refractivity contribution >= 4 is 27.9 Å². The number of carbonyl (C=O) groups is 2. The van der Waals surface area contributed by atoms with Crippen LogP contribution in [0, 0.1) is 0 Å². The normalized spacial score (nSPS) is 15.4. The van der Waals surface area contributed by atoms with Gasteiger partial charge in [0.2, 0.25) is 0 Å². The van der Waals surface area contributed by atoms with Gasteiger partial charge in [-0.1, -0.05) is 34.1 Å². The second-order valence-corrected chi connectivity index (χ2v) is 5.93. The summed E-state index contributed by atoms with van der Waals surface area (Å²) in [6.45, 7) is 0.145. The van der Waals surface area contributed by atoms with Crippen LogP contribution in [0.2, 0.25) is 0 Å². The van der Waals surface area contributed by atoms with E-state index in [0.717, 1.165) is 29.3 Å². The molecular formula is C14H17BrN2O3. The summed E-state index contributed by atoms with van der Waals surface area (Å²) in [6.07, 6.45) is 2.60. The van der Waals surface area contributed by atoms with Crippen molar-refractivity contribution in [2.45, 2.75) is 31.2 Å². The molecule has 0 spiro atoms. The minimum absolute atomic E-state index is 0.0648. The highest BCUT2D eigenvalue weighted by molar-refractivity contribution is 9.10.